The van der Waals surface area contributed by atoms with Gasteiger partial charge in [0.2, 0.25) is 0 Å². The Bertz CT molecular complexity index is 348. The van der Waals surface area contributed by atoms with Crippen molar-refractivity contribution in [1.82, 2.24) is 5.32 Å². The van der Waals surface area contributed by atoms with Gasteiger partial charge in [0.05, 0.1) is 0 Å². The average Bonchev–Trinajstić information content (AvgIpc) is 2.11. The molecule has 15 heavy (non-hydrogen) atoms. The van der Waals surface area contributed by atoms with Crippen LogP contribution in [0.3, 0.4) is 0 Å². The van der Waals surface area contributed by atoms with Crippen molar-refractivity contribution in [3.05, 3.63) is 33.8 Å². The van der Waals surface area contributed by atoms with Crippen LogP contribution in [0.4, 0.5) is 0 Å². The highest BCUT2D eigenvalue weighted by Gasteiger charge is 2.18. The Hall–Kier alpha value is -0.770. The molecule has 1 aromatic rings. The van der Waals surface area contributed by atoms with E-state index in [1.54, 1.807) is 18.2 Å². The molecule has 0 saturated carbocycles. The summed E-state index contributed by atoms with van der Waals surface area (Å²) in [6.07, 6.45) is 0. The van der Waals surface area contributed by atoms with Gasteiger partial charge >= 0.3 is 5.97 Å². The number of likely N-dealkylation sites (N-methyl/N-ethyl adjacent to an activating group) is 1. The van der Waals surface area contributed by atoms with Gasteiger partial charge in [-0.15, -0.1) is 0 Å². The van der Waals surface area contributed by atoms with E-state index in [0.29, 0.717) is 22.2 Å². The molecule has 0 unspecified atom stereocenters. The Morgan fingerprint density at radius 3 is 2.33 bits per heavy atom. The molecule has 0 aliphatic rings. The van der Waals surface area contributed by atoms with Gasteiger partial charge in [0.25, 0.3) is 0 Å². The summed E-state index contributed by atoms with van der Waals surface area (Å²) in [6, 6.07) is 3.98. The smallest absolute Gasteiger partial charge is 0.325 e. The minimum atomic E-state index is -0.949. The molecule has 0 aliphatic heterocycles. The second-order valence-electron chi connectivity index (χ2n) is 3.03. The maximum Gasteiger partial charge on any atom is 0.325 e. The fraction of sp³-hybridized carbons (Fsp3) is 0.300. The molecular weight excluding hydrogens is 237 g/mol. The summed E-state index contributed by atoms with van der Waals surface area (Å²) in [5, 5.41) is 12.7. The van der Waals surface area contributed by atoms with Gasteiger partial charge in [0.1, 0.15) is 6.04 Å². The molecule has 0 aromatic heterocycles. The zero-order valence-electron chi connectivity index (χ0n) is 8.13. The minimum absolute atomic E-state index is 0.432. The maximum atomic E-state index is 11.0. The molecule has 0 bridgehead atoms. The Morgan fingerprint density at radius 1 is 1.40 bits per heavy atom. The van der Waals surface area contributed by atoms with Gasteiger partial charge in [0, 0.05) is 10.0 Å². The predicted molar refractivity (Wildman–Crippen MR) is 60.5 cm³/mol. The van der Waals surface area contributed by atoms with E-state index in [-0.39, 0.29) is 0 Å². The van der Waals surface area contributed by atoms with Crippen LogP contribution in [0, 0.1) is 0 Å². The van der Waals surface area contributed by atoms with Gasteiger partial charge in [-0.1, -0.05) is 30.1 Å². The molecule has 0 saturated heterocycles. The summed E-state index contributed by atoms with van der Waals surface area (Å²) < 4.78 is 0. The third-order valence-corrected chi connectivity index (χ3v) is 2.31. The van der Waals surface area contributed by atoms with Crippen LogP contribution < -0.4 is 5.32 Å². The number of hydrogen-bond acceptors (Lipinski definition) is 2. The molecule has 82 valence electrons. The minimum Gasteiger partial charge on any atom is -0.480 e. The predicted octanol–water partition coefficient (Wildman–Crippen LogP) is 2.73. The van der Waals surface area contributed by atoms with E-state index in [9.17, 15) is 4.79 Å². The zero-order chi connectivity index (χ0) is 11.4. The number of hydrogen-bond donors (Lipinski definition) is 2. The summed E-state index contributed by atoms with van der Waals surface area (Å²) in [5.74, 6) is -0.949. The van der Waals surface area contributed by atoms with Gasteiger partial charge in [-0.3, -0.25) is 4.79 Å². The van der Waals surface area contributed by atoms with Crippen LogP contribution in [-0.4, -0.2) is 17.6 Å². The number of halogens is 2. The van der Waals surface area contributed by atoms with Crippen molar-refractivity contribution in [3.63, 3.8) is 0 Å². The molecule has 2 N–H and O–H groups in total. The van der Waals surface area contributed by atoms with Crippen molar-refractivity contribution in [3.8, 4) is 0 Å². The third-order valence-electron chi connectivity index (χ3n) is 1.87. The summed E-state index contributed by atoms with van der Waals surface area (Å²) in [5.41, 5.74) is 0.557. The molecular formula is C10H11Cl2NO2. The lowest BCUT2D eigenvalue weighted by Crippen LogP contribution is -2.28. The van der Waals surface area contributed by atoms with E-state index in [2.05, 4.69) is 5.32 Å². The molecule has 0 fully saturated rings. The second-order valence-corrected chi connectivity index (χ2v) is 3.90. The number of carboxylic acids is 1. The molecule has 0 amide bonds. The number of rotatable bonds is 4. The number of carbonyl (C=O) groups is 1. The fourth-order valence-corrected chi connectivity index (χ4v) is 1.84. The largest absolute Gasteiger partial charge is 0.480 e. The number of carboxylic acid groups (broad SMARTS) is 1. The van der Waals surface area contributed by atoms with Crippen molar-refractivity contribution >= 4 is 29.2 Å². The van der Waals surface area contributed by atoms with E-state index in [0.717, 1.165) is 0 Å². The van der Waals surface area contributed by atoms with Gasteiger partial charge in [-0.2, -0.15) is 0 Å². The van der Waals surface area contributed by atoms with Gasteiger partial charge in [-0.25, -0.2) is 0 Å². The Balaban J connectivity index is 3.05. The lowest BCUT2D eigenvalue weighted by atomic mass is 10.1. The van der Waals surface area contributed by atoms with Crippen LogP contribution in [0.5, 0.6) is 0 Å². The Morgan fingerprint density at radius 2 is 1.93 bits per heavy atom. The average molecular weight is 248 g/mol. The van der Waals surface area contributed by atoms with Crippen molar-refractivity contribution in [1.29, 1.82) is 0 Å². The highest BCUT2D eigenvalue weighted by atomic mass is 35.5. The molecule has 1 aromatic carbocycles. The normalized spacial score (nSPS) is 12.5. The zero-order valence-corrected chi connectivity index (χ0v) is 9.64. The summed E-state index contributed by atoms with van der Waals surface area (Å²) in [7, 11) is 0. The highest BCUT2D eigenvalue weighted by molar-refractivity contribution is 6.34. The van der Waals surface area contributed by atoms with Crippen LogP contribution in [-0.2, 0) is 4.79 Å². The highest BCUT2D eigenvalue weighted by Crippen LogP contribution is 2.23. The Labute approximate surface area is 98.0 Å². The van der Waals surface area contributed by atoms with E-state index in [1.807, 2.05) is 6.92 Å². The van der Waals surface area contributed by atoms with E-state index in [4.69, 9.17) is 28.3 Å². The lowest BCUT2D eigenvalue weighted by Gasteiger charge is -2.13. The van der Waals surface area contributed by atoms with E-state index >= 15 is 0 Å². The molecule has 5 heteroatoms. The lowest BCUT2D eigenvalue weighted by molar-refractivity contribution is -0.139. The van der Waals surface area contributed by atoms with E-state index < -0.39 is 12.0 Å². The molecule has 0 radical (unpaired) electrons. The first kappa shape index (κ1) is 12.3. The van der Waals surface area contributed by atoms with Crippen LogP contribution in [0.1, 0.15) is 18.5 Å². The molecule has 0 spiro atoms. The van der Waals surface area contributed by atoms with E-state index in [1.165, 1.54) is 0 Å². The van der Waals surface area contributed by atoms with Crippen LogP contribution >= 0.6 is 23.2 Å². The molecule has 0 aliphatic carbocycles. The van der Waals surface area contributed by atoms with Crippen LogP contribution in [0.2, 0.25) is 10.0 Å². The van der Waals surface area contributed by atoms with Crippen molar-refractivity contribution in [2.24, 2.45) is 0 Å². The van der Waals surface area contributed by atoms with Crippen LogP contribution in [0.15, 0.2) is 18.2 Å². The quantitative estimate of drug-likeness (QED) is 0.861. The number of nitrogens with one attached hydrogen (secondary N) is 1. The first-order chi connectivity index (χ1) is 7.04. The SMILES string of the molecule is CCN[C@@H](C(=O)O)c1cc(Cl)cc(Cl)c1. The first-order valence-electron chi connectivity index (χ1n) is 4.46. The Kier molecular flexibility index (Phi) is 4.39. The summed E-state index contributed by atoms with van der Waals surface area (Å²) in [4.78, 5) is 11.0. The van der Waals surface area contributed by atoms with Gasteiger partial charge < -0.3 is 10.4 Å². The van der Waals surface area contributed by atoms with Crippen LogP contribution in [0.25, 0.3) is 0 Å². The second kappa shape index (κ2) is 5.35. The topological polar surface area (TPSA) is 49.3 Å². The number of benzene rings is 1. The summed E-state index contributed by atoms with van der Waals surface area (Å²) >= 11 is 11.6. The van der Waals surface area contributed by atoms with Crippen molar-refractivity contribution in [2.45, 2.75) is 13.0 Å². The first-order valence-corrected chi connectivity index (χ1v) is 5.22. The molecule has 0 heterocycles. The fourth-order valence-electron chi connectivity index (χ4n) is 1.29. The standard InChI is InChI=1S/C10H11Cl2NO2/c1-2-13-9(10(14)15)6-3-7(11)5-8(12)4-6/h3-5,9,13H,2H2,1H3,(H,14,15)/t9-/m1/s1. The van der Waals surface area contributed by atoms with Gasteiger partial charge in [0.15, 0.2) is 0 Å². The molecule has 1 rings (SSSR count). The molecule has 1 atom stereocenters. The van der Waals surface area contributed by atoms with Crippen molar-refractivity contribution < 1.29 is 9.90 Å². The number of aliphatic carboxylic acids is 1. The maximum absolute atomic E-state index is 11.0. The summed E-state index contributed by atoms with van der Waals surface area (Å²) in [6.45, 7) is 2.39. The third kappa shape index (κ3) is 3.38. The molecule has 3 nitrogen and oxygen atoms in total. The monoisotopic (exact) mass is 247 g/mol. The van der Waals surface area contributed by atoms with Gasteiger partial charge in [-0.05, 0) is 30.3 Å². The van der Waals surface area contributed by atoms with Crippen molar-refractivity contribution in [2.75, 3.05) is 6.54 Å².